The highest BCUT2D eigenvalue weighted by atomic mass is 32.2. The van der Waals surface area contributed by atoms with Crippen LogP contribution in [0.2, 0.25) is 0 Å². The molecule has 6 nitrogen and oxygen atoms in total. The first-order chi connectivity index (χ1) is 15.8. The van der Waals surface area contributed by atoms with Gasteiger partial charge in [0.15, 0.2) is 16.7 Å². The van der Waals surface area contributed by atoms with Crippen LogP contribution < -0.4 is 14.8 Å². The van der Waals surface area contributed by atoms with Gasteiger partial charge in [0.25, 0.3) is 0 Å². The SMILES string of the molecule is O=C(CSc1ncc(-c2ccccc2)n1-c1ccccc1)Nc1ccc2c(c1)OCCO2. The van der Waals surface area contributed by atoms with Crippen LogP contribution in [-0.4, -0.2) is 34.4 Å². The fraction of sp³-hybridized carbons (Fsp3) is 0.120. The van der Waals surface area contributed by atoms with Crippen molar-refractivity contribution < 1.29 is 14.3 Å². The lowest BCUT2D eigenvalue weighted by Crippen LogP contribution is -2.17. The van der Waals surface area contributed by atoms with E-state index in [4.69, 9.17) is 9.47 Å². The average molecular weight is 444 g/mol. The van der Waals surface area contributed by atoms with Crippen LogP contribution >= 0.6 is 11.8 Å². The molecule has 1 aromatic heterocycles. The van der Waals surface area contributed by atoms with Crippen LogP contribution in [0, 0.1) is 0 Å². The Hall–Kier alpha value is -3.71. The molecule has 160 valence electrons. The van der Waals surface area contributed by atoms with Gasteiger partial charge in [-0.25, -0.2) is 4.98 Å². The highest BCUT2D eigenvalue weighted by molar-refractivity contribution is 7.99. The van der Waals surface area contributed by atoms with E-state index in [0.29, 0.717) is 30.4 Å². The molecule has 7 heteroatoms. The molecule has 2 heterocycles. The number of para-hydroxylation sites is 1. The number of carbonyl (C=O) groups excluding carboxylic acids is 1. The lowest BCUT2D eigenvalue weighted by atomic mass is 10.1. The number of carbonyl (C=O) groups is 1. The molecular formula is C25H21N3O3S. The van der Waals surface area contributed by atoms with Gasteiger partial charge in [0, 0.05) is 23.0 Å². The van der Waals surface area contributed by atoms with Gasteiger partial charge in [-0.15, -0.1) is 0 Å². The largest absolute Gasteiger partial charge is 0.486 e. The molecule has 0 saturated heterocycles. The maximum atomic E-state index is 12.6. The molecule has 0 bridgehead atoms. The van der Waals surface area contributed by atoms with E-state index in [0.717, 1.165) is 22.1 Å². The second-order valence-corrected chi connectivity index (χ2v) is 8.10. The van der Waals surface area contributed by atoms with Gasteiger partial charge in [-0.2, -0.15) is 0 Å². The van der Waals surface area contributed by atoms with Crippen LogP contribution in [0.4, 0.5) is 5.69 Å². The van der Waals surface area contributed by atoms with Gasteiger partial charge in [0.05, 0.1) is 17.6 Å². The summed E-state index contributed by atoms with van der Waals surface area (Å²) < 4.78 is 13.2. The van der Waals surface area contributed by atoms with Crippen LogP contribution in [0.15, 0.2) is 90.2 Å². The van der Waals surface area contributed by atoms with Crippen LogP contribution in [0.3, 0.4) is 0 Å². The summed E-state index contributed by atoms with van der Waals surface area (Å²) in [5.41, 5.74) is 3.72. The summed E-state index contributed by atoms with van der Waals surface area (Å²) >= 11 is 1.40. The zero-order valence-electron chi connectivity index (χ0n) is 17.2. The van der Waals surface area contributed by atoms with Gasteiger partial charge in [0.1, 0.15) is 13.2 Å². The zero-order valence-corrected chi connectivity index (χ0v) is 18.0. The van der Waals surface area contributed by atoms with Gasteiger partial charge in [-0.05, 0) is 24.3 Å². The highest BCUT2D eigenvalue weighted by Crippen LogP contribution is 2.33. The molecular weight excluding hydrogens is 422 g/mol. The lowest BCUT2D eigenvalue weighted by Gasteiger charge is -2.19. The fourth-order valence-electron chi connectivity index (χ4n) is 3.52. The van der Waals surface area contributed by atoms with Crippen molar-refractivity contribution in [3.63, 3.8) is 0 Å². The Morgan fingerprint density at radius 3 is 2.44 bits per heavy atom. The summed E-state index contributed by atoms with van der Waals surface area (Å²) in [6, 6.07) is 25.6. The maximum Gasteiger partial charge on any atom is 0.234 e. The number of ether oxygens (including phenoxy) is 2. The predicted molar refractivity (Wildman–Crippen MR) is 126 cm³/mol. The number of nitrogens with one attached hydrogen (secondary N) is 1. The Balaban J connectivity index is 1.34. The third-order valence-electron chi connectivity index (χ3n) is 4.97. The highest BCUT2D eigenvalue weighted by Gasteiger charge is 2.16. The van der Waals surface area contributed by atoms with Crippen molar-refractivity contribution in [1.82, 2.24) is 9.55 Å². The Morgan fingerprint density at radius 1 is 0.938 bits per heavy atom. The summed E-state index contributed by atoms with van der Waals surface area (Å²) in [5.74, 6) is 1.46. The zero-order chi connectivity index (χ0) is 21.8. The second-order valence-electron chi connectivity index (χ2n) is 7.16. The minimum absolute atomic E-state index is 0.115. The molecule has 1 N–H and O–H groups in total. The van der Waals surface area contributed by atoms with Crippen LogP contribution in [-0.2, 0) is 4.79 Å². The lowest BCUT2D eigenvalue weighted by molar-refractivity contribution is -0.113. The van der Waals surface area contributed by atoms with E-state index in [1.165, 1.54) is 11.8 Å². The number of aromatic nitrogens is 2. The predicted octanol–water partition coefficient (Wildman–Crippen LogP) is 5.04. The van der Waals surface area contributed by atoms with Gasteiger partial charge in [-0.3, -0.25) is 9.36 Å². The Labute approximate surface area is 190 Å². The molecule has 4 aromatic rings. The molecule has 0 saturated carbocycles. The number of nitrogens with zero attached hydrogens (tertiary/aromatic N) is 2. The summed E-state index contributed by atoms with van der Waals surface area (Å²) in [4.78, 5) is 17.3. The van der Waals surface area contributed by atoms with Crippen molar-refractivity contribution in [1.29, 1.82) is 0 Å². The average Bonchev–Trinajstić information content (AvgIpc) is 3.28. The van der Waals surface area contributed by atoms with Crippen molar-refractivity contribution >= 4 is 23.4 Å². The summed E-state index contributed by atoms with van der Waals surface area (Å²) in [7, 11) is 0. The fourth-order valence-corrected chi connectivity index (χ4v) is 4.32. The van der Waals surface area contributed by atoms with Crippen molar-refractivity contribution in [2.24, 2.45) is 0 Å². The van der Waals surface area contributed by atoms with Crippen LogP contribution in [0.25, 0.3) is 16.9 Å². The summed E-state index contributed by atoms with van der Waals surface area (Å²) in [5, 5.41) is 3.68. The molecule has 0 atom stereocenters. The quantitative estimate of drug-likeness (QED) is 0.423. The third-order valence-corrected chi connectivity index (χ3v) is 5.92. The van der Waals surface area contributed by atoms with Crippen molar-refractivity contribution in [2.75, 3.05) is 24.3 Å². The van der Waals surface area contributed by atoms with Crippen molar-refractivity contribution in [3.8, 4) is 28.4 Å². The monoisotopic (exact) mass is 443 g/mol. The summed E-state index contributed by atoms with van der Waals surface area (Å²) in [6.07, 6.45) is 1.85. The van der Waals surface area contributed by atoms with Gasteiger partial charge in [-0.1, -0.05) is 60.3 Å². The maximum absolute atomic E-state index is 12.6. The smallest absolute Gasteiger partial charge is 0.234 e. The minimum atomic E-state index is -0.115. The summed E-state index contributed by atoms with van der Waals surface area (Å²) in [6.45, 7) is 1.04. The number of rotatable bonds is 6. The van der Waals surface area contributed by atoms with E-state index in [1.54, 1.807) is 6.07 Å². The van der Waals surface area contributed by atoms with E-state index >= 15 is 0 Å². The standard InChI is InChI=1S/C25H21N3O3S/c29-24(27-19-11-12-22-23(15-19)31-14-13-30-22)17-32-25-26-16-21(18-7-3-1-4-8-18)28(25)20-9-5-2-6-10-20/h1-12,15-16H,13-14,17H2,(H,27,29). The number of amides is 1. The number of hydrogen-bond donors (Lipinski definition) is 1. The number of benzene rings is 3. The first kappa shape index (κ1) is 20.2. The van der Waals surface area contributed by atoms with E-state index in [2.05, 4.69) is 27.0 Å². The number of fused-ring (bicyclic) bond motifs is 1. The van der Waals surface area contributed by atoms with E-state index in [-0.39, 0.29) is 11.7 Å². The Morgan fingerprint density at radius 2 is 1.66 bits per heavy atom. The number of imidazole rings is 1. The number of thioether (sulfide) groups is 1. The first-order valence-electron chi connectivity index (χ1n) is 10.3. The molecule has 5 rings (SSSR count). The van der Waals surface area contributed by atoms with E-state index in [9.17, 15) is 4.79 Å². The Kier molecular flexibility index (Phi) is 5.81. The number of hydrogen-bond acceptors (Lipinski definition) is 5. The molecule has 1 aliphatic rings. The molecule has 1 aliphatic heterocycles. The van der Waals surface area contributed by atoms with E-state index in [1.807, 2.05) is 66.9 Å². The molecule has 0 aliphatic carbocycles. The molecule has 0 radical (unpaired) electrons. The van der Waals surface area contributed by atoms with E-state index < -0.39 is 0 Å². The Bertz CT molecular complexity index is 1230. The molecule has 32 heavy (non-hydrogen) atoms. The van der Waals surface area contributed by atoms with Crippen LogP contribution in [0.1, 0.15) is 0 Å². The first-order valence-corrected chi connectivity index (χ1v) is 11.3. The van der Waals surface area contributed by atoms with Crippen molar-refractivity contribution in [2.45, 2.75) is 5.16 Å². The number of anilines is 1. The van der Waals surface area contributed by atoms with Gasteiger partial charge in [0.2, 0.25) is 5.91 Å². The van der Waals surface area contributed by atoms with Gasteiger partial charge >= 0.3 is 0 Å². The van der Waals surface area contributed by atoms with Crippen LogP contribution in [0.5, 0.6) is 11.5 Å². The van der Waals surface area contributed by atoms with Crippen molar-refractivity contribution in [3.05, 3.63) is 85.1 Å². The van der Waals surface area contributed by atoms with Gasteiger partial charge < -0.3 is 14.8 Å². The minimum Gasteiger partial charge on any atom is -0.486 e. The normalized spacial score (nSPS) is 12.4. The molecule has 3 aromatic carbocycles. The topological polar surface area (TPSA) is 65.4 Å². The molecule has 0 unspecified atom stereocenters. The molecule has 1 amide bonds. The second kappa shape index (κ2) is 9.20. The molecule has 0 spiro atoms. The molecule has 0 fully saturated rings. The third kappa shape index (κ3) is 4.33.